The molecule has 0 spiro atoms. The van der Waals surface area contributed by atoms with Gasteiger partial charge in [-0.25, -0.2) is 22.8 Å². The fourth-order valence-electron chi connectivity index (χ4n) is 3.86. The van der Waals surface area contributed by atoms with E-state index in [2.05, 4.69) is 9.97 Å². The fourth-order valence-corrected chi connectivity index (χ4v) is 5.37. The van der Waals surface area contributed by atoms with Crippen LogP contribution in [0.5, 0.6) is 0 Å². The van der Waals surface area contributed by atoms with E-state index < -0.39 is 15.7 Å². The van der Waals surface area contributed by atoms with Gasteiger partial charge in [-0.2, -0.15) is 0 Å². The van der Waals surface area contributed by atoms with E-state index in [-0.39, 0.29) is 27.2 Å². The molecule has 0 aliphatic carbocycles. The topological polar surface area (TPSA) is 100 Å². The highest BCUT2D eigenvalue weighted by molar-refractivity contribution is 7.92. The molecule has 9 heteroatoms. The number of rotatable bonds is 4. The fraction of sp³-hybridized carbons (Fsp3) is 0.238. The van der Waals surface area contributed by atoms with Gasteiger partial charge < -0.3 is 15.0 Å². The molecule has 1 fully saturated rings. The van der Waals surface area contributed by atoms with Crippen molar-refractivity contribution in [3.8, 4) is 0 Å². The van der Waals surface area contributed by atoms with E-state index in [0.717, 1.165) is 25.0 Å². The van der Waals surface area contributed by atoms with Crippen LogP contribution in [0, 0.1) is 5.82 Å². The lowest BCUT2D eigenvalue weighted by Gasteiger charge is -2.13. The zero-order valence-electron chi connectivity index (χ0n) is 16.0. The van der Waals surface area contributed by atoms with Gasteiger partial charge in [0.1, 0.15) is 22.0 Å². The normalized spacial score (nSPS) is 17.2. The lowest BCUT2D eigenvalue weighted by atomic mass is 10.2. The number of hydrogen-bond acceptors (Lipinski definition) is 6. The molecule has 0 bridgehead atoms. The Morgan fingerprint density at radius 1 is 1.10 bits per heavy atom. The number of halogens is 1. The molecule has 0 saturated carbocycles. The minimum absolute atomic E-state index is 0.0540. The summed E-state index contributed by atoms with van der Waals surface area (Å²) in [5, 5.41) is 0. The largest absolute Gasteiger partial charge is 0.384 e. The monoisotopic (exact) mass is 426 g/mol. The van der Waals surface area contributed by atoms with Crippen LogP contribution in [0.1, 0.15) is 12.8 Å². The minimum atomic E-state index is -4.05. The summed E-state index contributed by atoms with van der Waals surface area (Å²) in [7, 11) is -4.05. The van der Waals surface area contributed by atoms with Crippen molar-refractivity contribution in [2.24, 2.45) is 0 Å². The van der Waals surface area contributed by atoms with Gasteiger partial charge in [0.05, 0.1) is 28.6 Å². The predicted molar refractivity (Wildman–Crippen MR) is 110 cm³/mol. The Bertz CT molecular complexity index is 1360. The Hall–Kier alpha value is -3.04. The van der Waals surface area contributed by atoms with Crippen molar-refractivity contribution in [1.29, 1.82) is 0 Å². The second-order valence-corrected chi connectivity index (χ2v) is 9.19. The molecule has 5 rings (SSSR count). The molecule has 3 heterocycles. The SMILES string of the molecule is Nc1c(S(=O)(=O)c2ccc(F)cc2)c2nc3ccccc3nc2n1CC1CCCO1. The lowest BCUT2D eigenvalue weighted by molar-refractivity contribution is 0.0983. The van der Waals surface area contributed by atoms with Crippen LogP contribution >= 0.6 is 0 Å². The molecule has 7 nitrogen and oxygen atoms in total. The molecular weight excluding hydrogens is 407 g/mol. The number of nitrogen functional groups attached to an aromatic ring is 1. The molecule has 1 unspecified atom stereocenters. The zero-order chi connectivity index (χ0) is 20.9. The van der Waals surface area contributed by atoms with Gasteiger partial charge in [0.25, 0.3) is 0 Å². The van der Waals surface area contributed by atoms with Crippen LogP contribution in [0.25, 0.3) is 22.2 Å². The quantitative estimate of drug-likeness (QED) is 0.503. The average Bonchev–Trinajstić information content (AvgIpc) is 3.34. The van der Waals surface area contributed by atoms with Crippen LogP contribution in [-0.2, 0) is 21.1 Å². The highest BCUT2D eigenvalue weighted by Crippen LogP contribution is 2.36. The lowest BCUT2D eigenvalue weighted by Crippen LogP contribution is -2.17. The molecular formula is C21H19FN4O3S. The minimum Gasteiger partial charge on any atom is -0.384 e. The molecule has 2 N–H and O–H groups in total. The summed E-state index contributed by atoms with van der Waals surface area (Å²) in [5.74, 6) is -0.464. The van der Waals surface area contributed by atoms with Crippen molar-refractivity contribution in [1.82, 2.24) is 14.5 Å². The number of hydrogen-bond donors (Lipinski definition) is 1. The highest BCUT2D eigenvalue weighted by Gasteiger charge is 2.31. The molecule has 30 heavy (non-hydrogen) atoms. The number of anilines is 1. The molecule has 0 amide bonds. The third kappa shape index (κ3) is 3.01. The molecule has 0 radical (unpaired) electrons. The van der Waals surface area contributed by atoms with Crippen LogP contribution in [0.3, 0.4) is 0 Å². The third-order valence-corrected chi connectivity index (χ3v) is 7.18. The number of sulfone groups is 1. The van der Waals surface area contributed by atoms with Gasteiger partial charge in [-0.3, -0.25) is 0 Å². The van der Waals surface area contributed by atoms with E-state index in [1.807, 2.05) is 18.2 Å². The van der Waals surface area contributed by atoms with Gasteiger partial charge in [-0.05, 0) is 49.2 Å². The highest BCUT2D eigenvalue weighted by atomic mass is 32.2. The number of ether oxygens (including phenoxy) is 1. The molecule has 4 aromatic rings. The Labute approximate surface area is 172 Å². The second-order valence-electron chi connectivity index (χ2n) is 7.30. The van der Waals surface area contributed by atoms with Gasteiger partial charge in [0, 0.05) is 6.61 Å². The van der Waals surface area contributed by atoms with Crippen molar-refractivity contribution in [2.45, 2.75) is 35.3 Å². The zero-order valence-corrected chi connectivity index (χ0v) is 16.8. The number of nitrogens with two attached hydrogens (primary N) is 1. The number of nitrogens with zero attached hydrogens (tertiary/aromatic N) is 3. The van der Waals surface area contributed by atoms with Crippen LogP contribution in [-0.4, -0.2) is 35.7 Å². The van der Waals surface area contributed by atoms with E-state index in [4.69, 9.17) is 10.5 Å². The molecule has 154 valence electrons. The maximum absolute atomic E-state index is 13.5. The first-order chi connectivity index (χ1) is 14.4. The molecule has 2 aromatic heterocycles. The molecule has 1 atom stereocenters. The summed E-state index contributed by atoms with van der Waals surface area (Å²) in [4.78, 5) is 9.08. The maximum atomic E-state index is 13.5. The van der Waals surface area contributed by atoms with E-state index in [0.29, 0.717) is 29.8 Å². The number of aromatic nitrogens is 3. The first kappa shape index (κ1) is 19.0. The number of fused-ring (bicyclic) bond motifs is 2. The Kier molecular flexibility index (Phi) is 4.44. The second kappa shape index (κ2) is 7.03. The average molecular weight is 426 g/mol. The predicted octanol–water partition coefficient (Wildman–Crippen LogP) is 3.32. The van der Waals surface area contributed by atoms with Crippen LogP contribution in [0.4, 0.5) is 10.2 Å². The van der Waals surface area contributed by atoms with E-state index in [1.165, 1.54) is 12.1 Å². The summed E-state index contributed by atoms with van der Waals surface area (Å²) >= 11 is 0. The smallest absolute Gasteiger partial charge is 0.212 e. The summed E-state index contributed by atoms with van der Waals surface area (Å²) in [6, 6.07) is 11.9. The summed E-state index contributed by atoms with van der Waals surface area (Å²) in [5.41, 5.74) is 8.18. The van der Waals surface area contributed by atoms with Gasteiger partial charge in [-0.1, -0.05) is 12.1 Å². The van der Waals surface area contributed by atoms with E-state index in [9.17, 15) is 12.8 Å². The Morgan fingerprint density at radius 3 is 2.47 bits per heavy atom. The molecule has 1 aliphatic heterocycles. The Balaban J connectivity index is 1.79. The molecule has 1 saturated heterocycles. The van der Waals surface area contributed by atoms with Gasteiger partial charge in [0.15, 0.2) is 5.65 Å². The Morgan fingerprint density at radius 2 is 1.80 bits per heavy atom. The van der Waals surface area contributed by atoms with Crippen molar-refractivity contribution in [3.05, 3.63) is 54.3 Å². The number of para-hydroxylation sites is 2. The van der Waals surface area contributed by atoms with E-state index >= 15 is 0 Å². The van der Waals surface area contributed by atoms with Gasteiger partial charge >= 0.3 is 0 Å². The van der Waals surface area contributed by atoms with Crippen molar-refractivity contribution < 1.29 is 17.5 Å². The first-order valence-electron chi connectivity index (χ1n) is 9.62. The summed E-state index contributed by atoms with van der Waals surface area (Å²) in [6.07, 6.45) is 1.73. The number of benzene rings is 2. The van der Waals surface area contributed by atoms with Crippen LogP contribution < -0.4 is 5.73 Å². The standard InChI is InChI=1S/C21H19FN4O3S/c22-13-7-9-15(10-8-13)30(27,28)19-18-21(25-17-6-2-1-5-16(17)24-18)26(20(19)23)12-14-4-3-11-29-14/h1-2,5-10,14H,3-4,11-12,23H2. The summed E-state index contributed by atoms with van der Waals surface area (Å²) < 4.78 is 47.7. The third-order valence-electron chi connectivity index (χ3n) is 5.35. The molecule has 2 aromatic carbocycles. The van der Waals surface area contributed by atoms with Crippen LogP contribution in [0.2, 0.25) is 0 Å². The maximum Gasteiger partial charge on any atom is 0.212 e. The van der Waals surface area contributed by atoms with Crippen molar-refractivity contribution in [3.63, 3.8) is 0 Å². The van der Waals surface area contributed by atoms with E-state index in [1.54, 1.807) is 10.6 Å². The first-order valence-corrected chi connectivity index (χ1v) is 11.1. The van der Waals surface area contributed by atoms with Crippen LogP contribution in [0.15, 0.2) is 58.3 Å². The van der Waals surface area contributed by atoms with Crippen molar-refractivity contribution >= 4 is 37.9 Å². The van der Waals surface area contributed by atoms with Gasteiger partial charge in [-0.15, -0.1) is 0 Å². The van der Waals surface area contributed by atoms with Gasteiger partial charge in [0.2, 0.25) is 9.84 Å². The van der Waals surface area contributed by atoms with Crippen molar-refractivity contribution in [2.75, 3.05) is 12.3 Å². The summed E-state index contributed by atoms with van der Waals surface area (Å²) in [6.45, 7) is 1.05. The molecule has 1 aliphatic rings.